The molecule has 0 aromatic heterocycles. The minimum absolute atomic E-state index is 0.0634. The molecule has 6 nitrogen and oxygen atoms in total. The lowest BCUT2D eigenvalue weighted by atomic mass is 9.99. The maximum atomic E-state index is 12.9. The van der Waals surface area contributed by atoms with Crippen LogP contribution in [-0.4, -0.2) is 37.2 Å². The van der Waals surface area contributed by atoms with Gasteiger partial charge in [0.15, 0.2) is 6.10 Å². The van der Waals surface area contributed by atoms with E-state index in [1.165, 1.54) is 212 Å². The van der Waals surface area contributed by atoms with E-state index in [9.17, 15) is 14.4 Å². The molecule has 0 aliphatic heterocycles. The van der Waals surface area contributed by atoms with Gasteiger partial charge < -0.3 is 14.2 Å². The lowest BCUT2D eigenvalue weighted by molar-refractivity contribution is -0.167. The van der Waals surface area contributed by atoms with Gasteiger partial charge in [-0.05, 0) is 37.0 Å². The monoisotopic (exact) mass is 933 g/mol. The first kappa shape index (κ1) is 64.4. The van der Waals surface area contributed by atoms with Crippen molar-refractivity contribution < 1.29 is 28.6 Å². The molecule has 0 heterocycles. The molecule has 0 radical (unpaired) electrons. The zero-order valence-electron chi connectivity index (χ0n) is 45.5. The summed E-state index contributed by atoms with van der Waals surface area (Å²) in [7, 11) is 0. The van der Waals surface area contributed by atoms with Crippen molar-refractivity contribution in [2.24, 2.45) is 17.8 Å². The van der Waals surface area contributed by atoms with E-state index in [0.717, 1.165) is 75.5 Å². The highest BCUT2D eigenvalue weighted by Gasteiger charge is 2.19. The van der Waals surface area contributed by atoms with Crippen molar-refractivity contribution in [2.45, 2.75) is 337 Å². The van der Waals surface area contributed by atoms with E-state index in [1.807, 2.05) is 0 Å². The van der Waals surface area contributed by atoms with E-state index in [2.05, 4.69) is 41.5 Å². The fraction of sp³-hybridized carbons (Fsp3) is 0.950. The SMILES string of the molecule is CCC(C)CCCCCCCCCCCCC(=O)OC[C@H](COC(=O)CCCCCCCCCCCCCCCC(C)C)OC(=O)CCCCCCCCCCCCCCCCCC(C)C. The van der Waals surface area contributed by atoms with Crippen molar-refractivity contribution in [3.8, 4) is 0 Å². The van der Waals surface area contributed by atoms with Gasteiger partial charge in [-0.2, -0.15) is 0 Å². The number of hydrogen-bond donors (Lipinski definition) is 0. The van der Waals surface area contributed by atoms with Crippen molar-refractivity contribution in [1.82, 2.24) is 0 Å². The molecule has 0 aromatic carbocycles. The zero-order valence-corrected chi connectivity index (χ0v) is 45.5. The van der Waals surface area contributed by atoms with Gasteiger partial charge in [0.1, 0.15) is 13.2 Å². The van der Waals surface area contributed by atoms with Crippen LogP contribution in [0.25, 0.3) is 0 Å². The minimum Gasteiger partial charge on any atom is -0.462 e. The third kappa shape index (κ3) is 51.8. The minimum atomic E-state index is -0.764. The maximum Gasteiger partial charge on any atom is 0.306 e. The Hall–Kier alpha value is -1.59. The van der Waals surface area contributed by atoms with E-state index < -0.39 is 6.10 Å². The average Bonchev–Trinajstić information content (AvgIpc) is 3.29. The summed E-state index contributed by atoms with van der Waals surface area (Å²) in [6.07, 6.45) is 53.7. The fourth-order valence-electron chi connectivity index (χ4n) is 9.14. The van der Waals surface area contributed by atoms with Crippen LogP contribution in [0.4, 0.5) is 0 Å². The molecule has 0 aliphatic rings. The van der Waals surface area contributed by atoms with Gasteiger partial charge in [0, 0.05) is 19.3 Å². The number of unbranched alkanes of at least 4 members (excludes halogenated alkanes) is 35. The van der Waals surface area contributed by atoms with E-state index >= 15 is 0 Å². The molecule has 0 aromatic rings. The summed E-state index contributed by atoms with van der Waals surface area (Å²) in [5.41, 5.74) is 0. The molecule has 0 spiro atoms. The standard InChI is InChI=1S/C60H116O6/c1-7-56(6)48-42-36-30-24-20-21-26-32-38-44-50-59(62)65-53-57(52-64-58(61)49-43-37-31-25-18-15-11-13-17-23-29-35-41-47-55(4)5)66-60(63)51-45-39-33-27-19-14-10-8-9-12-16-22-28-34-40-46-54(2)3/h54-57H,7-53H2,1-6H3/t56?,57-/m0/s1. The second-order valence-corrected chi connectivity index (χ2v) is 21.8. The number of carbonyl (C=O) groups is 3. The summed E-state index contributed by atoms with van der Waals surface area (Å²) in [5, 5.41) is 0. The van der Waals surface area contributed by atoms with Crippen LogP contribution in [0.1, 0.15) is 330 Å². The molecule has 0 saturated carbocycles. The average molecular weight is 934 g/mol. The predicted molar refractivity (Wildman–Crippen MR) is 284 cm³/mol. The molecule has 392 valence electrons. The van der Waals surface area contributed by atoms with Crippen molar-refractivity contribution in [2.75, 3.05) is 13.2 Å². The van der Waals surface area contributed by atoms with Gasteiger partial charge in [0.2, 0.25) is 0 Å². The fourth-order valence-corrected chi connectivity index (χ4v) is 9.14. The Morgan fingerprint density at radius 3 is 0.788 bits per heavy atom. The van der Waals surface area contributed by atoms with Gasteiger partial charge in [0.25, 0.3) is 0 Å². The molecule has 0 amide bonds. The van der Waals surface area contributed by atoms with Gasteiger partial charge in [-0.25, -0.2) is 0 Å². The summed E-state index contributed by atoms with van der Waals surface area (Å²) in [5.74, 6) is 1.72. The van der Waals surface area contributed by atoms with E-state index in [0.29, 0.717) is 19.3 Å². The van der Waals surface area contributed by atoms with Crippen molar-refractivity contribution >= 4 is 17.9 Å². The highest BCUT2D eigenvalue weighted by atomic mass is 16.6. The molecular weight excluding hydrogens is 817 g/mol. The Morgan fingerprint density at radius 2 is 0.530 bits per heavy atom. The molecular formula is C60H116O6. The largest absolute Gasteiger partial charge is 0.462 e. The summed E-state index contributed by atoms with van der Waals surface area (Å²) >= 11 is 0. The Morgan fingerprint density at radius 1 is 0.303 bits per heavy atom. The Balaban J connectivity index is 4.31. The van der Waals surface area contributed by atoms with Crippen LogP contribution in [0.3, 0.4) is 0 Å². The molecule has 66 heavy (non-hydrogen) atoms. The molecule has 0 aliphatic carbocycles. The molecule has 2 atom stereocenters. The molecule has 0 bridgehead atoms. The van der Waals surface area contributed by atoms with Crippen molar-refractivity contribution in [1.29, 1.82) is 0 Å². The first-order chi connectivity index (χ1) is 32.1. The van der Waals surface area contributed by atoms with Gasteiger partial charge in [-0.1, -0.05) is 292 Å². The summed E-state index contributed by atoms with van der Waals surface area (Å²) in [6.45, 7) is 13.8. The van der Waals surface area contributed by atoms with Gasteiger partial charge in [0.05, 0.1) is 0 Å². The predicted octanol–water partition coefficient (Wildman–Crippen LogP) is 19.5. The highest BCUT2D eigenvalue weighted by Crippen LogP contribution is 2.19. The van der Waals surface area contributed by atoms with Gasteiger partial charge in [-0.15, -0.1) is 0 Å². The van der Waals surface area contributed by atoms with E-state index in [1.54, 1.807) is 0 Å². The van der Waals surface area contributed by atoms with Crippen LogP contribution < -0.4 is 0 Å². The second kappa shape index (κ2) is 51.3. The van der Waals surface area contributed by atoms with Crippen LogP contribution >= 0.6 is 0 Å². The Kier molecular flexibility index (Phi) is 50.0. The van der Waals surface area contributed by atoms with E-state index in [-0.39, 0.29) is 31.1 Å². The third-order valence-corrected chi connectivity index (χ3v) is 14.0. The van der Waals surface area contributed by atoms with Crippen LogP contribution in [0, 0.1) is 17.8 Å². The molecule has 6 heteroatoms. The molecule has 0 fully saturated rings. The number of ether oxygens (including phenoxy) is 3. The summed E-state index contributed by atoms with van der Waals surface area (Å²) in [4.78, 5) is 38.2. The molecule has 1 unspecified atom stereocenters. The summed E-state index contributed by atoms with van der Waals surface area (Å²) in [6, 6.07) is 0. The maximum absolute atomic E-state index is 12.9. The summed E-state index contributed by atoms with van der Waals surface area (Å²) < 4.78 is 16.9. The number of esters is 3. The topological polar surface area (TPSA) is 78.9 Å². The first-order valence-electron chi connectivity index (χ1n) is 29.6. The lowest BCUT2D eigenvalue weighted by Crippen LogP contribution is -2.30. The third-order valence-electron chi connectivity index (χ3n) is 14.0. The van der Waals surface area contributed by atoms with E-state index in [4.69, 9.17) is 14.2 Å². The Bertz CT molecular complexity index is 1020. The van der Waals surface area contributed by atoms with Crippen LogP contribution in [0.2, 0.25) is 0 Å². The van der Waals surface area contributed by atoms with Gasteiger partial charge in [-0.3, -0.25) is 14.4 Å². The van der Waals surface area contributed by atoms with Crippen LogP contribution in [0.15, 0.2) is 0 Å². The second-order valence-electron chi connectivity index (χ2n) is 21.8. The zero-order chi connectivity index (χ0) is 48.4. The normalized spacial score (nSPS) is 12.5. The number of rotatable bonds is 53. The van der Waals surface area contributed by atoms with Gasteiger partial charge >= 0.3 is 17.9 Å². The molecule has 0 N–H and O–H groups in total. The lowest BCUT2D eigenvalue weighted by Gasteiger charge is -2.18. The number of hydrogen-bond acceptors (Lipinski definition) is 6. The Labute approximate surface area is 412 Å². The number of carbonyl (C=O) groups excluding carboxylic acids is 3. The van der Waals surface area contributed by atoms with Crippen LogP contribution in [0.5, 0.6) is 0 Å². The van der Waals surface area contributed by atoms with Crippen molar-refractivity contribution in [3.63, 3.8) is 0 Å². The molecule has 0 saturated heterocycles. The highest BCUT2D eigenvalue weighted by molar-refractivity contribution is 5.71. The van der Waals surface area contributed by atoms with Crippen molar-refractivity contribution in [3.05, 3.63) is 0 Å². The smallest absolute Gasteiger partial charge is 0.306 e. The molecule has 0 rings (SSSR count). The van der Waals surface area contributed by atoms with Crippen LogP contribution in [-0.2, 0) is 28.6 Å². The first-order valence-corrected chi connectivity index (χ1v) is 29.6. The quantitative estimate of drug-likeness (QED) is 0.0343.